The van der Waals surface area contributed by atoms with E-state index in [0.29, 0.717) is 0 Å². The molecule has 3 heteroatoms. The Morgan fingerprint density at radius 3 is 2.30 bits per heavy atom. The molecule has 2 aromatic carbocycles. The van der Waals surface area contributed by atoms with E-state index in [2.05, 4.69) is 24.4 Å². The van der Waals surface area contributed by atoms with Crippen molar-refractivity contribution in [2.75, 3.05) is 7.11 Å². The molecule has 0 spiro atoms. The van der Waals surface area contributed by atoms with E-state index in [0.717, 1.165) is 11.3 Å². The van der Waals surface area contributed by atoms with E-state index in [1.165, 1.54) is 5.56 Å². The molecule has 1 heterocycles. The van der Waals surface area contributed by atoms with E-state index >= 15 is 0 Å². The average Bonchev–Trinajstić information content (AvgIpc) is 2.90. The molecule has 0 aromatic heterocycles. The highest BCUT2D eigenvalue weighted by atomic mass is 16.5. The van der Waals surface area contributed by atoms with Crippen molar-refractivity contribution in [2.45, 2.75) is 25.3 Å². The molecule has 0 saturated carbocycles. The minimum Gasteiger partial charge on any atom is -0.497 e. The first-order chi connectivity index (χ1) is 9.78. The van der Waals surface area contributed by atoms with Gasteiger partial charge in [0.05, 0.1) is 7.11 Å². The van der Waals surface area contributed by atoms with Gasteiger partial charge in [-0.15, -0.1) is 0 Å². The topological polar surface area (TPSA) is 30.5 Å². The lowest BCUT2D eigenvalue weighted by atomic mass is 10.0. The van der Waals surface area contributed by atoms with E-state index in [1.54, 1.807) is 7.11 Å². The summed E-state index contributed by atoms with van der Waals surface area (Å²) >= 11 is 0. The van der Waals surface area contributed by atoms with Crippen molar-refractivity contribution in [1.82, 2.24) is 5.32 Å². The molecule has 1 aliphatic heterocycles. The minimum atomic E-state index is -0.0684. The molecule has 2 aromatic rings. The predicted octanol–water partition coefficient (Wildman–Crippen LogP) is 3.44. The van der Waals surface area contributed by atoms with Gasteiger partial charge in [0.1, 0.15) is 18.1 Å². The van der Waals surface area contributed by atoms with Gasteiger partial charge in [-0.1, -0.05) is 42.5 Å². The van der Waals surface area contributed by atoms with Gasteiger partial charge < -0.3 is 9.47 Å². The van der Waals surface area contributed by atoms with E-state index in [1.807, 2.05) is 42.5 Å². The first-order valence-electron chi connectivity index (χ1n) is 6.88. The van der Waals surface area contributed by atoms with Gasteiger partial charge in [0, 0.05) is 6.04 Å². The van der Waals surface area contributed by atoms with Gasteiger partial charge in [0.25, 0.3) is 0 Å². The average molecular weight is 269 g/mol. The second kappa shape index (κ2) is 5.65. The quantitative estimate of drug-likeness (QED) is 0.926. The Morgan fingerprint density at radius 2 is 1.65 bits per heavy atom. The number of hydrogen-bond donors (Lipinski definition) is 1. The van der Waals surface area contributed by atoms with Crippen LogP contribution in [0.1, 0.15) is 30.4 Å². The molecule has 0 unspecified atom stereocenters. The van der Waals surface area contributed by atoms with Crippen LogP contribution in [0.3, 0.4) is 0 Å². The molecule has 1 N–H and O–H groups in total. The second-order valence-electron chi connectivity index (χ2n) is 5.08. The van der Waals surface area contributed by atoms with E-state index in [9.17, 15) is 0 Å². The molecule has 1 fully saturated rings. The van der Waals surface area contributed by atoms with Crippen LogP contribution < -0.4 is 10.1 Å². The van der Waals surface area contributed by atoms with Crippen molar-refractivity contribution in [3.63, 3.8) is 0 Å². The van der Waals surface area contributed by atoms with Crippen molar-refractivity contribution in [2.24, 2.45) is 0 Å². The maximum Gasteiger partial charge on any atom is 0.135 e. The Labute approximate surface area is 119 Å². The van der Waals surface area contributed by atoms with Gasteiger partial charge in [0.15, 0.2) is 0 Å². The summed E-state index contributed by atoms with van der Waals surface area (Å²) < 4.78 is 11.3. The third-order valence-electron chi connectivity index (χ3n) is 3.70. The summed E-state index contributed by atoms with van der Waals surface area (Å²) in [5.41, 5.74) is 2.33. The Balaban J connectivity index is 1.77. The molecule has 0 radical (unpaired) electrons. The van der Waals surface area contributed by atoms with Gasteiger partial charge in [-0.05, 0) is 30.2 Å². The SMILES string of the molecule is COc1ccc([C@@H]2N[C@@H](C)[C@@H](c3ccccc3)O2)cc1. The molecule has 0 aliphatic carbocycles. The summed E-state index contributed by atoms with van der Waals surface area (Å²) in [5.74, 6) is 0.861. The van der Waals surface area contributed by atoms with Crippen LogP contribution in [-0.4, -0.2) is 13.2 Å². The van der Waals surface area contributed by atoms with Crippen molar-refractivity contribution >= 4 is 0 Å². The smallest absolute Gasteiger partial charge is 0.135 e. The lowest BCUT2D eigenvalue weighted by Crippen LogP contribution is -2.23. The first-order valence-corrected chi connectivity index (χ1v) is 6.88. The molecular weight excluding hydrogens is 250 g/mol. The molecule has 3 atom stereocenters. The Bertz CT molecular complexity index is 553. The summed E-state index contributed by atoms with van der Waals surface area (Å²) in [6.07, 6.45) is 0.0180. The van der Waals surface area contributed by atoms with Crippen molar-refractivity contribution < 1.29 is 9.47 Å². The lowest BCUT2D eigenvalue weighted by Gasteiger charge is -2.14. The van der Waals surface area contributed by atoms with Gasteiger partial charge in [-0.2, -0.15) is 0 Å². The highest BCUT2D eigenvalue weighted by Gasteiger charge is 2.33. The molecule has 3 rings (SSSR count). The molecule has 20 heavy (non-hydrogen) atoms. The highest BCUT2D eigenvalue weighted by Crippen LogP contribution is 2.35. The molecule has 1 aliphatic rings. The molecule has 104 valence electrons. The van der Waals surface area contributed by atoms with Crippen LogP contribution in [0.2, 0.25) is 0 Å². The van der Waals surface area contributed by atoms with Crippen LogP contribution in [-0.2, 0) is 4.74 Å². The number of benzene rings is 2. The Kier molecular flexibility index (Phi) is 3.72. The van der Waals surface area contributed by atoms with Gasteiger partial charge in [-0.25, -0.2) is 0 Å². The monoisotopic (exact) mass is 269 g/mol. The minimum absolute atomic E-state index is 0.0684. The number of hydrogen-bond acceptors (Lipinski definition) is 3. The van der Waals surface area contributed by atoms with Crippen molar-refractivity contribution in [3.8, 4) is 5.75 Å². The molecular formula is C17H19NO2. The maximum absolute atomic E-state index is 6.17. The van der Waals surface area contributed by atoms with Gasteiger partial charge in [-0.3, -0.25) is 5.32 Å². The summed E-state index contributed by atoms with van der Waals surface area (Å²) in [4.78, 5) is 0. The Hall–Kier alpha value is -1.84. The van der Waals surface area contributed by atoms with Crippen LogP contribution in [0.5, 0.6) is 5.75 Å². The van der Waals surface area contributed by atoms with Crippen LogP contribution in [0.25, 0.3) is 0 Å². The van der Waals surface area contributed by atoms with E-state index in [-0.39, 0.29) is 18.4 Å². The summed E-state index contributed by atoms with van der Waals surface area (Å²) in [5, 5.41) is 3.49. The zero-order valence-electron chi connectivity index (χ0n) is 11.7. The zero-order chi connectivity index (χ0) is 13.9. The van der Waals surface area contributed by atoms with E-state index < -0.39 is 0 Å². The largest absolute Gasteiger partial charge is 0.497 e. The molecule has 1 saturated heterocycles. The fraction of sp³-hybridized carbons (Fsp3) is 0.294. The highest BCUT2D eigenvalue weighted by molar-refractivity contribution is 5.29. The fourth-order valence-corrected chi connectivity index (χ4v) is 2.59. The molecule has 0 amide bonds. The maximum atomic E-state index is 6.17. The number of rotatable bonds is 3. The second-order valence-corrected chi connectivity index (χ2v) is 5.08. The zero-order valence-corrected chi connectivity index (χ0v) is 11.7. The standard InChI is InChI=1S/C17H19NO2/c1-12-16(13-6-4-3-5-7-13)20-17(18-12)14-8-10-15(19-2)11-9-14/h3-12,16-18H,1-2H3/t12-,16-,17+/m0/s1. The molecule has 0 bridgehead atoms. The number of ether oxygens (including phenoxy) is 2. The number of methoxy groups -OCH3 is 1. The first kappa shape index (κ1) is 13.2. The third-order valence-corrected chi connectivity index (χ3v) is 3.70. The van der Waals surface area contributed by atoms with Crippen molar-refractivity contribution in [3.05, 3.63) is 65.7 Å². The lowest BCUT2D eigenvalue weighted by molar-refractivity contribution is 0.0363. The van der Waals surface area contributed by atoms with Crippen LogP contribution in [0.4, 0.5) is 0 Å². The normalized spacial score (nSPS) is 25.6. The van der Waals surface area contributed by atoms with E-state index in [4.69, 9.17) is 9.47 Å². The predicted molar refractivity (Wildman–Crippen MR) is 78.6 cm³/mol. The van der Waals surface area contributed by atoms with Crippen LogP contribution in [0.15, 0.2) is 54.6 Å². The molecule has 3 nitrogen and oxygen atoms in total. The van der Waals surface area contributed by atoms with Crippen molar-refractivity contribution in [1.29, 1.82) is 0 Å². The van der Waals surface area contributed by atoms with Crippen LogP contribution in [0, 0.1) is 0 Å². The fourth-order valence-electron chi connectivity index (χ4n) is 2.59. The van der Waals surface area contributed by atoms with Gasteiger partial charge >= 0.3 is 0 Å². The number of nitrogens with one attached hydrogen (secondary N) is 1. The van der Waals surface area contributed by atoms with Gasteiger partial charge in [0.2, 0.25) is 0 Å². The summed E-state index contributed by atoms with van der Waals surface area (Å²) in [7, 11) is 1.67. The van der Waals surface area contributed by atoms with Crippen LogP contribution >= 0.6 is 0 Å². The summed E-state index contributed by atoms with van der Waals surface area (Å²) in [6, 6.07) is 18.6. The summed E-state index contributed by atoms with van der Waals surface area (Å²) in [6.45, 7) is 2.15. The third kappa shape index (κ3) is 2.55. The Morgan fingerprint density at radius 1 is 0.950 bits per heavy atom.